The van der Waals surface area contributed by atoms with E-state index < -0.39 is 57.8 Å². The lowest BCUT2D eigenvalue weighted by Gasteiger charge is -2.45. The van der Waals surface area contributed by atoms with Crippen LogP contribution in [0.5, 0.6) is 11.5 Å². The van der Waals surface area contributed by atoms with Crippen molar-refractivity contribution in [3.63, 3.8) is 0 Å². The molecule has 0 saturated heterocycles. The summed E-state index contributed by atoms with van der Waals surface area (Å²) in [5.74, 6) is 5.88. The van der Waals surface area contributed by atoms with Crippen molar-refractivity contribution in [2.24, 2.45) is 17.6 Å². The van der Waals surface area contributed by atoms with E-state index in [-0.39, 0.29) is 36.0 Å². The van der Waals surface area contributed by atoms with Gasteiger partial charge in [-0.3, -0.25) is 14.4 Å². The molecule has 9 heteroatoms. The zero-order valence-electron chi connectivity index (χ0n) is 25.7. The van der Waals surface area contributed by atoms with Crippen LogP contribution in [0.4, 0.5) is 0 Å². The van der Waals surface area contributed by atoms with E-state index in [9.17, 15) is 34.8 Å². The Morgan fingerprint density at radius 1 is 0.936 bits per heavy atom. The van der Waals surface area contributed by atoms with Crippen molar-refractivity contribution in [3.8, 4) is 35.2 Å². The van der Waals surface area contributed by atoms with E-state index in [1.54, 1.807) is 37.4 Å². The van der Waals surface area contributed by atoms with Crippen LogP contribution in [0.3, 0.4) is 0 Å². The van der Waals surface area contributed by atoms with Crippen LogP contribution in [-0.2, 0) is 22.4 Å². The first-order valence-corrected chi connectivity index (χ1v) is 15.1. The maximum absolute atomic E-state index is 14.2. The van der Waals surface area contributed by atoms with Gasteiger partial charge in [0.25, 0.3) is 5.91 Å². The highest BCUT2D eigenvalue weighted by molar-refractivity contribution is 6.24. The first kappa shape index (κ1) is 31.2. The number of carbonyl (C=O) groups is 3. The summed E-state index contributed by atoms with van der Waals surface area (Å²) in [7, 11) is 1.55. The fourth-order valence-electron chi connectivity index (χ4n) is 6.67. The van der Waals surface area contributed by atoms with Gasteiger partial charge in [-0.05, 0) is 78.8 Å². The van der Waals surface area contributed by atoms with E-state index >= 15 is 0 Å². The molecule has 1 amide bonds. The highest BCUT2D eigenvalue weighted by atomic mass is 16.5. The molecule has 0 aliphatic heterocycles. The molecule has 47 heavy (non-hydrogen) atoms. The number of carbonyl (C=O) groups excluding carboxylic acids is 3. The number of nitrogens with two attached hydrogens (primary N) is 1. The number of phenols is 1. The Bertz CT molecular complexity index is 2050. The number of primary amides is 1. The molecule has 3 atom stereocenters. The molecule has 0 bridgehead atoms. The highest BCUT2D eigenvalue weighted by Gasteiger charge is 2.59. The van der Waals surface area contributed by atoms with Crippen LogP contribution in [0.25, 0.3) is 0 Å². The Morgan fingerprint density at radius 3 is 2.15 bits per heavy atom. The number of methoxy groups -OCH3 is 1. The van der Waals surface area contributed by atoms with E-state index in [0.717, 1.165) is 17.5 Å². The third-order valence-electron chi connectivity index (χ3n) is 9.20. The minimum Gasteiger partial charge on any atom is -0.511 e. The number of ether oxygens (including phenoxy) is 1. The number of benzene rings is 3. The van der Waals surface area contributed by atoms with Gasteiger partial charge in [0.1, 0.15) is 28.6 Å². The minimum atomic E-state index is -2.65. The van der Waals surface area contributed by atoms with Crippen molar-refractivity contribution in [2.75, 3.05) is 7.11 Å². The predicted octanol–water partition coefficient (Wildman–Crippen LogP) is 3.95. The number of aryl methyl sites for hydroxylation is 1. The van der Waals surface area contributed by atoms with Crippen LogP contribution in [-0.4, -0.2) is 50.6 Å². The summed E-state index contributed by atoms with van der Waals surface area (Å²) in [5, 5.41) is 44.9. The van der Waals surface area contributed by atoms with Gasteiger partial charge in [0, 0.05) is 34.6 Å². The van der Waals surface area contributed by atoms with Crippen LogP contribution in [0.2, 0.25) is 0 Å². The number of aliphatic hydroxyl groups excluding tert-OH is 2. The number of ketones is 2. The Balaban J connectivity index is 1.51. The van der Waals surface area contributed by atoms with Gasteiger partial charge in [-0.15, -0.1) is 0 Å². The molecular formula is C38H31NO8. The normalized spacial score (nSPS) is 21.4. The summed E-state index contributed by atoms with van der Waals surface area (Å²) in [6.07, 6.45) is 0.725. The number of amides is 1. The molecule has 3 aromatic rings. The Morgan fingerprint density at radius 2 is 1.55 bits per heavy atom. The topological polar surface area (TPSA) is 167 Å². The molecular weight excluding hydrogens is 598 g/mol. The second-order valence-corrected chi connectivity index (χ2v) is 11.9. The smallest absolute Gasteiger partial charge is 0.255 e. The third-order valence-corrected chi connectivity index (χ3v) is 9.20. The number of phenolic OH excluding ortho intramolecular Hbond substituents is 1. The fraction of sp³-hybridized carbons (Fsp3) is 0.237. The minimum absolute atomic E-state index is 0.0219. The zero-order valence-corrected chi connectivity index (χ0v) is 25.7. The molecule has 0 heterocycles. The van der Waals surface area contributed by atoms with Crippen LogP contribution >= 0.6 is 0 Å². The van der Waals surface area contributed by atoms with Gasteiger partial charge in [0.05, 0.1) is 18.2 Å². The molecule has 0 saturated carbocycles. The van der Waals surface area contributed by atoms with Crippen molar-refractivity contribution in [3.05, 3.63) is 116 Å². The summed E-state index contributed by atoms with van der Waals surface area (Å²) in [6, 6.07) is 16.3. The molecule has 3 aliphatic rings. The largest absolute Gasteiger partial charge is 0.511 e. The lowest BCUT2D eigenvalue weighted by molar-refractivity contribution is -0.144. The number of hydrogen-bond acceptors (Lipinski definition) is 8. The SMILES string of the molecule is CCc1ccc(C#Cc2cc(C#Cc3ccc(OC)cc3)c(O)c3c2CC2C[C@H]4CC(O)=C(C(N)=O)C(=O)[C@@]4(O)C(O)=C2C3=O)cc1. The van der Waals surface area contributed by atoms with E-state index in [1.807, 2.05) is 24.3 Å². The summed E-state index contributed by atoms with van der Waals surface area (Å²) in [6.45, 7) is 2.05. The third kappa shape index (κ3) is 5.21. The van der Waals surface area contributed by atoms with Crippen molar-refractivity contribution >= 4 is 17.5 Å². The van der Waals surface area contributed by atoms with Gasteiger partial charge >= 0.3 is 0 Å². The summed E-state index contributed by atoms with van der Waals surface area (Å²) in [4.78, 5) is 39.5. The summed E-state index contributed by atoms with van der Waals surface area (Å²) < 4.78 is 5.20. The van der Waals surface area contributed by atoms with Crippen molar-refractivity contribution in [1.29, 1.82) is 0 Å². The van der Waals surface area contributed by atoms with Crippen molar-refractivity contribution in [2.45, 2.75) is 38.2 Å². The van der Waals surface area contributed by atoms with Crippen LogP contribution in [0.15, 0.2) is 77.3 Å². The van der Waals surface area contributed by atoms with Gasteiger partial charge in [0.15, 0.2) is 11.4 Å². The van der Waals surface area contributed by atoms with Crippen molar-refractivity contribution < 1.29 is 39.5 Å². The van der Waals surface area contributed by atoms with E-state index in [4.69, 9.17) is 10.5 Å². The quantitative estimate of drug-likeness (QED) is 0.215. The molecule has 6 N–H and O–H groups in total. The maximum Gasteiger partial charge on any atom is 0.255 e. The first-order valence-electron chi connectivity index (χ1n) is 15.1. The Hall–Kier alpha value is -5.77. The van der Waals surface area contributed by atoms with Gasteiger partial charge in [0.2, 0.25) is 5.78 Å². The van der Waals surface area contributed by atoms with E-state index in [0.29, 0.717) is 22.4 Å². The van der Waals surface area contributed by atoms with Crippen LogP contribution < -0.4 is 10.5 Å². The number of Topliss-reactive ketones (excluding diaryl/α,β-unsaturated/α-hetero) is 2. The first-order chi connectivity index (χ1) is 22.5. The molecule has 236 valence electrons. The second kappa shape index (κ2) is 11.9. The number of aliphatic hydroxyl groups is 3. The molecule has 3 aromatic carbocycles. The average molecular weight is 630 g/mol. The Kier molecular flexibility index (Phi) is 7.88. The molecule has 0 fully saturated rings. The molecule has 9 nitrogen and oxygen atoms in total. The molecule has 1 unspecified atom stereocenters. The molecule has 0 radical (unpaired) electrons. The number of fused-ring (bicyclic) bond motifs is 3. The monoisotopic (exact) mass is 629 g/mol. The number of rotatable bonds is 3. The van der Waals surface area contributed by atoms with Crippen LogP contribution in [0.1, 0.15) is 63.5 Å². The predicted molar refractivity (Wildman–Crippen MR) is 172 cm³/mol. The molecule has 0 spiro atoms. The summed E-state index contributed by atoms with van der Waals surface area (Å²) >= 11 is 0. The Labute approximate surface area is 271 Å². The summed E-state index contributed by atoms with van der Waals surface area (Å²) in [5.41, 5.74) is 4.95. The van der Waals surface area contributed by atoms with E-state index in [2.05, 4.69) is 30.6 Å². The fourth-order valence-corrected chi connectivity index (χ4v) is 6.67. The lowest BCUT2D eigenvalue weighted by Crippen LogP contribution is -2.57. The number of hydrogen-bond donors (Lipinski definition) is 5. The maximum atomic E-state index is 14.2. The molecule has 0 aromatic heterocycles. The van der Waals surface area contributed by atoms with Gasteiger partial charge in [-0.1, -0.05) is 42.7 Å². The standard InChI is InChI=1S/C38H31NO8/c1-3-20-4-6-21(7-5-20)8-12-23-16-24(13-9-22-10-14-27(47-2)15-11-22)33(41)31-28(23)18-25-17-26-19-29(40)32(37(39)45)36(44)38(26,46)35(43)30(25)34(31)42/h4-7,10-11,14-16,25-26,40-41,43,46H,3,17-19H2,1-2H3,(H2,39,45)/t25?,26-,38-/m0/s1. The average Bonchev–Trinajstić information content (AvgIpc) is 3.05. The highest BCUT2D eigenvalue weighted by Crippen LogP contribution is 2.52. The van der Waals surface area contributed by atoms with E-state index in [1.165, 1.54) is 0 Å². The van der Waals surface area contributed by atoms with Crippen molar-refractivity contribution in [1.82, 2.24) is 0 Å². The second-order valence-electron chi connectivity index (χ2n) is 11.9. The number of aromatic hydroxyl groups is 1. The zero-order chi connectivity index (χ0) is 33.6. The van der Waals surface area contributed by atoms with Gasteiger partial charge < -0.3 is 30.9 Å². The molecule has 3 aliphatic carbocycles. The molecule has 6 rings (SSSR count). The van der Waals surface area contributed by atoms with Gasteiger partial charge in [-0.2, -0.15) is 0 Å². The lowest BCUT2D eigenvalue weighted by atomic mass is 9.60. The number of allylic oxidation sites excluding steroid dienone is 2. The van der Waals surface area contributed by atoms with Gasteiger partial charge in [-0.25, -0.2) is 0 Å². The van der Waals surface area contributed by atoms with Crippen LogP contribution in [0, 0.1) is 35.5 Å².